The maximum atomic E-state index is 12.1. The van der Waals surface area contributed by atoms with Gasteiger partial charge in [0.15, 0.2) is 0 Å². The second-order valence-corrected chi connectivity index (χ2v) is 4.31. The Bertz CT molecular complexity index is 508. The first kappa shape index (κ1) is 14.5. The van der Waals surface area contributed by atoms with Crippen LogP contribution in [-0.2, 0) is 0 Å². The summed E-state index contributed by atoms with van der Waals surface area (Å²) in [7, 11) is 0. The number of carbonyl (C=O) groups is 1. The van der Waals surface area contributed by atoms with E-state index in [9.17, 15) is 4.79 Å². The van der Waals surface area contributed by atoms with Crippen molar-refractivity contribution in [2.24, 2.45) is 0 Å². The summed E-state index contributed by atoms with van der Waals surface area (Å²) >= 11 is 0. The summed E-state index contributed by atoms with van der Waals surface area (Å²) in [5.41, 5.74) is 1.18. The smallest absolute Gasteiger partial charge is 0.321 e. The highest BCUT2D eigenvalue weighted by atomic mass is 16.2. The second kappa shape index (κ2) is 7.03. The van der Waals surface area contributed by atoms with Gasteiger partial charge in [-0.25, -0.2) is 4.79 Å². The number of nitrogens with zero attached hydrogens (tertiary/aromatic N) is 3. The molecule has 5 heteroatoms. The van der Waals surface area contributed by atoms with E-state index in [1.165, 1.54) is 0 Å². The van der Waals surface area contributed by atoms with Gasteiger partial charge in [0.05, 0.1) is 24.1 Å². The lowest BCUT2D eigenvalue weighted by atomic mass is 10.2. The molecular weight excluding hydrogens is 240 g/mol. The molecule has 19 heavy (non-hydrogen) atoms. The number of carbonyl (C=O) groups excluding carboxylic acids is 1. The molecule has 0 atom stereocenters. The summed E-state index contributed by atoms with van der Waals surface area (Å²) in [6.45, 7) is 4.20. The van der Waals surface area contributed by atoms with Crippen LogP contribution in [-0.4, -0.2) is 23.5 Å². The van der Waals surface area contributed by atoms with E-state index in [4.69, 9.17) is 10.5 Å². The highest BCUT2D eigenvalue weighted by Crippen LogP contribution is 2.11. The largest absolute Gasteiger partial charge is 0.322 e. The van der Waals surface area contributed by atoms with E-state index in [0.717, 1.165) is 0 Å². The molecule has 1 N–H and O–H groups in total. The lowest BCUT2D eigenvalue weighted by Gasteiger charge is -2.26. The van der Waals surface area contributed by atoms with Crippen molar-refractivity contribution < 1.29 is 4.79 Å². The molecule has 1 rings (SSSR count). The number of nitriles is 2. The number of benzene rings is 1. The summed E-state index contributed by atoms with van der Waals surface area (Å²) < 4.78 is 0. The van der Waals surface area contributed by atoms with Gasteiger partial charge in [-0.2, -0.15) is 10.5 Å². The molecule has 0 spiro atoms. The summed E-state index contributed by atoms with van der Waals surface area (Å²) in [6, 6.07) is 10.5. The van der Waals surface area contributed by atoms with Crippen molar-refractivity contribution in [2.45, 2.75) is 26.3 Å². The van der Waals surface area contributed by atoms with Crippen LogP contribution >= 0.6 is 0 Å². The van der Waals surface area contributed by atoms with Crippen molar-refractivity contribution >= 4 is 11.7 Å². The van der Waals surface area contributed by atoms with E-state index in [1.54, 1.807) is 29.2 Å². The molecule has 1 aromatic rings. The van der Waals surface area contributed by atoms with Crippen LogP contribution in [0.3, 0.4) is 0 Å². The molecule has 0 saturated heterocycles. The number of hydrogen-bond donors (Lipinski definition) is 1. The SMILES string of the molecule is CC(C)N(CCC#N)C(=O)Nc1ccc(C#N)cc1. The van der Waals surface area contributed by atoms with Crippen LogP contribution in [0, 0.1) is 22.7 Å². The van der Waals surface area contributed by atoms with E-state index in [1.807, 2.05) is 26.0 Å². The second-order valence-electron chi connectivity index (χ2n) is 4.31. The van der Waals surface area contributed by atoms with E-state index in [-0.39, 0.29) is 12.1 Å². The normalized spacial score (nSPS) is 9.53. The third-order valence-electron chi connectivity index (χ3n) is 2.61. The van der Waals surface area contributed by atoms with Gasteiger partial charge in [-0.3, -0.25) is 0 Å². The molecule has 0 aliphatic heterocycles. The predicted octanol–water partition coefficient (Wildman–Crippen LogP) is 2.71. The number of anilines is 1. The van der Waals surface area contributed by atoms with E-state index in [0.29, 0.717) is 24.2 Å². The zero-order valence-electron chi connectivity index (χ0n) is 11.1. The third kappa shape index (κ3) is 4.33. The third-order valence-corrected chi connectivity index (χ3v) is 2.61. The van der Waals surface area contributed by atoms with Crippen molar-refractivity contribution in [2.75, 3.05) is 11.9 Å². The molecule has 0 saturated carbocycles. The van der Waals surface area contributed by atoms with Gasteiger partial charge >= 0.3 is 6.03 Å². The molecule has 1 aromatic carbocycles. The topological polar surface area (TPSA) is 79.9 Å². The number of urea groups is 1. The first-order chi connectivity index (χ1) is 9.08. The Morgan fingerprint density at radius 3 is 2.42 bits per heavy atom. The lowest BCUT2D eigenvalue weighted by Crippen LogP contribution is -2.40. The van der Waals surface area contributed by atoms with Gasteiger partial charge in [0.1, 0.15) is 0 Å². The summed E-state index contributed by atoms with van der Waals surface area (Å²) in [6.07, 6.45) is 0.305. The molecule has 0 fully saturated rings. The Hall–Kier alpha value is -2.53. The van der Waals surface area contributed by atoms with Crippen molar-refractivity contribution in [3.05, 3.63) is 29.8 Å². The van der Waals surface area contributed by atoms with Crippen molar-refractivity contribution in [1.82, 2.24) is 4.90 Å². The Balaban J connectivity index is 2.70. The van der Waals surface area contributed by atoms with Gasteiger partial charge in [0.2, 0.25) is 0 Å². The highest BCUT2D eigenvalue weighted by Gasteiger charge is 2.16. The Morgan fingerprint density at radius 1 is 1.32 bits per heavy atom. The average molecular weight is 256 g/mol. The van der Waals surface area contributed by atoms with Gasteiger partial charge in [-0.15, -0.1) is 0 Å². The predicted molar refractivity (Wildman–Crippen MR) is 72.2 cm³/mol. The molecule has 0 heterocycles. The number of rotatable bonds is 4. The number of amides is 2. The van der Waals surface area contributed by atoms with Crippen molar-refractivity contribution in [3.63, 3.8) is 0 Å². The maximum Gasteiger partial charge on any atom is 0.322 e. The zero-order valence-corrected chi connectivity index (χ0v) is 11.1. The maximum absolute atomic E-state index is 12.1. The van der Waals surface area contributed by atoms with Gasteiger partial charge in [-0.05, 0) is 38.1 Å². The van der Waals surface area contributed by atoms with Crippen LogP contribution in [0.4, 0.5) is 10.5 Å². The average Bonchev–Trinajstić information content (AvgIpc) is 2.39. The van der Waals surface area contributed by atoms with Crippen LogP contribution in [0.2, 0.25) is 0 Å². The van der Waals surface area contributed by atoms with Gasteiger partial charge in [0.25, 0.3) is 0 Å². The fourth-order valence-electron chi connectivity index (χ4n) is 1.59. The fourth-order valence-corrected chi connectivity index (χ4v) is 1.59. The van der Waals surface area contributed by atoms with Gasteiger partial charge < -0.3 is 10.2 Å². The number of nitrogens with one attached hydrogen (secondary N) is 1. The summed E-state index contributed by atoms with van der Waals surface area (Å²) in [5.74, 6) is 0. The Kier molecular flexibility index (Phi) is 5.37. The molecule has 0 aliphatic carbocycles. The molecule has 2 amide bonds. The minimum atomic E-state index is -0.241. The molecule has 98 valence electrons. The minimum absolute atomic E-state index is 0.0201. The summed E-state index contributed by atoms with van der Waals surface area (Å²) in [5, 5.41) is 20.0. The number of hydrogen-bond acceptors (Lipinski definition) is 3. The molecular formula is C14H16N4O. The van der Waals surface area contributed by atoms with Crippen LogP contribution < -0.4 is 5.32 Å². The summed E-state index contributed by atoms with van der Waals surface area (Å²) in [4.78, 5) is 13.7. The van der Waals surface area contributed by atoms with E-state index in [2.05, 4.69) is 5.32 Å². The molecule has 0 aliphatic rings. The zero-order chi connectivity index (χ0) is 14.3. The van der Waals surface area contributed by atoms with Gasteiger partial charge in [-0.1, -0.05) is 0 Å². The van der Waals surface area contributed by atoms with Gasteiger partial charge in [0, 0.05) is 18.3 Å². The van der Waals surface area contributed by atoms with E-state index >= 15 is 0 Å². The first-order valence-corrected chi connectivity index (χ1v) is 6.03. The Morgan fingerprint density at radius 2 is 1.95 bits per heavy atom. The first-order valence-electron chi connectivity index (χ1n) is 6.03. The van der Waals surface area contributed by atoms with Crippen LogP contribution in [0.1, 0.15) is 25.8 Å². The van der Waals surface area contributed by atoms with Crippen LogP contribution in [0.5, 0.6) is 0 Å². The van der Waals surface area contributed by atoms with Crippen LogP contribution in [0.15, 0.2) is 24.3 Å². The highest BCUT2D eigenvalue weighted by molar-refractivity contribution is 5.89. The minimum Gasteiger partial charge on any atom is -0.321 e. The molecule has 0 radical (unpaired) electrons. The quantitative estimate of drug-likeness (QED) is 0.899. The molecule has 0 bridgehead atoms. The standard InChI is InChI=1S/C14H16N4O/c1-11(2)18(9-3-8-15)14(19)17-13-6-4-12(10-16)5-7-13/h4-7,11H,3,9H2,1-2H3,(H,17,19). The molecule has 0 unspecified atom stereocenters. The van der Waals surface area contributed by atoms with Crippen LogP contribution in [0.25, 0.3) is 0 Å². The fraction of sp³-hybridized carbons (Fsp3) is 0.357. The van der Waals surface area contributed by atoms with Crippen molar-refractivity contribution in [3.8, 4) is 12.1 Å². The van der Waals surface area contributed by atoms with Crippen molar-refractivity contribution in [1.29, 1.82) is 10.5 Å². The molecule has 0 aromatic heterocycles. The Labute approximate surface area is 113 Å². The monoisotopic (exact) mass is 256 g/mol. The lowest BCUT2D eigenvalue weighted by molar-refractivity contribution is 0.198. The van der Waals surface area contributed by atoms with E-state index < -0.39 is 0 Å². The molecule has 5 nitrogen and oxygen atoms in total.